The van der Waals surface area contributed by atoms with Crippen LogP contribution in [0.4, 0.5) is 0 Å². The van der Waals surface area contributed by atoms with Crippen molar-refractivity contribution in [1.82, 2.24) is 20.2 Å². The minimum atomic E-state index is -3.63. The summed E-state index contributed by atoms with van der Waals surface area (Å²) < 4.78 is 39.1. The van der Waals surface area contributed by atoms with Crippen LogP contribution in [-0.4, -0.2) is 52.4 Å². The van der Waals surface area contributed by atoms with E-state index in [9.17, 15) is 8.42 Å². The molecular formula is C18H24N4O4S. The quantitative estimate of drug-likeness (QED) is 0.770. The molecule has 4 rings (SSSR count). The van der Waals surface area contributed by atoms with Crippen LogP contribution in [0, 0.1) is 0 Å². The number of hydrogen-bond donors (Lipinski definition) is 0. The Labute approximate surface area is 158 Å². The van der Waals surface area contributed by atoms with Crippen LogP contribution in [0.5, 0.6) is 0 Å². The topological polar surface area (TPSA) is 96.2 Å². The molecule has 0 amide bonds. The molecule has 3 atom stereocenters. The summed E-state index contributed by atoms with van der Waals surface area (Å²) in [5.74, 6) is -0.575. The fourth-order valence-corrected chi connectivity index (χ4v) is 5.21. The number of hydrogen-bond acceptors (Lipinski definition) is 7. The van der Waals surface area contributed by atoms with Gasteiger partial charge in [-0.3, -0.25) is 0 Å². The zero-order chi connectivity index (χ0) is 18.9. The number of rotatable bonds is 5. The lowest BCUT2D eigenvalue weighted by Crippen LogP contribution is -2.41. The molecule has 2 aromatic rings. The minimum Gasteiger partial charge on any atom is -0.347 e. The van der Waals surface area contributed by atoms with Gasteiger partial charge in [0.1, 0.15) is 0 Å². The predicted octanol–water partition coefficient (Wildman–Crippen LogP) is 2.29. The second-order valence-corrected chi connectivity index (χ2v) is 9.33. The van der Waals surface area contributed by atoms with Crippen LogP contribution in [0.2, 0.25) is 0 Å². The van der Waals surface area contributed by atoms with Gasteiger partial charge in [-0.15, -0.1) is 0 Å². The molecule has 0 aliphatic carbocycles. The molecule has 0 radical (unpaired) electrons. The first-order valence-corrected chi connectivity index (χ1v) is 11.0. The summed E-state index contributed by atoms with van der Waals surface area (Å²) in [7, 11) is -3.63. The van der Waals surface area contributed by atoms with Crippen molar-refractivity contribution in [2.45, 2.75) is 68.6 Å². The van der Waals surface area contributed by atoms with Gasteiger partial charge in [0.25, 0.3) is 5.16 Å². The van der Waals surface area contributed by atoms with Gasteiger partial charge in [0.2, 0.25) is 9.84 Å². The highest BCUT2D eigenvalue weighted by molar-refractivity contribution is 7.91. The van der Waals surface area contributed by atoms with Gasteiger partial charge in [-0.05, 0) is 55.2 Å². The summed E-state index contributed by atoms with van der Waals surface area (Å²) in [5.41, 5.74) is 0.613. The Morgan fingerprint density at radius 3 is 2.74 bits per heavy atom. The number of tetrazole rings is 1. The molecule has 146 valence electrons. The van der Waals surface area contributed by atoms with E-state index < -0.39 is 15.6 Å². The van der Waals surface area contributed by atoms with E-state index in [0.29, 0.717) is 12.1 Å². The lowest BCUT2D eigenvalue weighted by atomic mass is 9.97. The molecule has 9 heteroatoms. The Morgan fingerprint density at radius 1 is 1.19 bits per heavy atom. The Hall–Kier alpha value is -1.84. The van der Waals surface area contributed by atoms with E-state index in [2.05, 4.69) is 22.4 Å². The van der Waals surface area contributed by atoms with Gasteiger partial charge in [0, 0.05) is 12.8 Å². The van der Waals surface area contributed by atoms with Crippen LogP contribution in [0.3, 0.4) is 0 Å². The zero-order valence-electron chi connectivity index (χ0n) is 15.3. The monoisotopic (exact) mass is 392 g/mol. The first-order chi connectivity index (χ1) is 13.0. The molecule has 0 unspecified atom stereocenters. The van der Waals surface area contributed by atoms with Gasteiger partial charge >= 0.3 is 0 Å². The van der Waals surface area contributed by atoms with E-state index in [1.54, 1.807) is 12.1 Å². The van der Waals surface area contributed by atoms with Crippen LogP contribution in [-0.2, 0) is 19.3 Å². The molecule has 0 N–H and O–H groups in total. The summed E-state index contributed by atoms with van der Waals surface area (Å²) in [5, 5.41) is 11.0. The molecule has 1 aromatic carbocycles. The van der Waals surface area contributed by atoms with E-state index in [0.717, 1.165) is 32.1 Å². The Balaban J connectivity index is 1.45. The number of ether oxygens (including phenoxy) is 2. The Bertz CT molecular complexity index is 882. The smallest absolute Gasteiger partial charge is 0.272 e. The molecule has 0 bridgehead atoms. The van der Waals surface area contributed by atoms with Gasteiger partial charge in [0.05, 0.1) is 23.6 Å². The maximum Gasteiger partial charge on any atom is 0.272 e. The molecule has 2 fully saturated rings. The molecule has 27 heavy (non-hydrogen) atoms. The number of sulfone groups is 1. The highest BCUT2D eigenvalue weighted by atomic mass is 32.2. The maximum atomic E-state index is 12.8. The van der Waals surface area contributed by atoms with Crippen LogP contribution >= 0.6 is 0 Å². The third-order valence-electron chi connectivity index (χ3n) is 5.24. The first kappa shape index (κ1) is 18.5. The van der Waals surface area contributed by atoms with Crippen molar-refractivity contribution in [2.75, 3.05) is 5.75 Å². The molecule has 0 saturated carbocycles. The average Bonchev–Trinajstić information content (AvgIpc) is 3.29. The standard InChI is InChI=1S/C18H24N4O4S/c1-14-9-12-18(25-14)11-5-8-16(26-18)10-13-27(23,24)17-19-20-21-22(17)15-6-3-2-4-7-15/h2-4,6-7,14,16H,5,8-13H2,1H3/t14-,16+,18-/m1/s1. The van der Waals surface area contributed by atoms with Crippen molar-refractivity contribution < 1.29 is 17.9 Å². The van der Waals surface area contributed by atoms with Gasteiger partial charge < -0.3 is 9.47 Å². The number of nitrogens with zero attached hydrogens (tertiary/aromatic N) is 4. The summed E-state index contributed by atoms with van der Waals surface area (Å²) in [4.78, 5) is 0. The fourth-order valence-electron chi connectivity index (χ4n) is 3.88. The second kappa shape index (κ2) is 7.29. The average molecular weight is 392 g/mol. The molecular weight excluding hydrogens is 368 g/mol. The van der Waals surface area contributed by atoms with Crippen LogP contribution in [0.1, 0.15) is 45.4 Å². The maximum absolute atomic E-state index is 12.8. The summed E-state index contributed by atoms with van der Waals surface area (Å²) >= 11 is 0. The van der Waals surface area contributed by atoms with Crippen molar-refractivity contribution in [2.24, 2.45) is 0 Å². The second-order valence-electron chi connectivity index (χ2n) is 7.33. The molecule has 2 aliphatic rings. The lowest BCUT2D eigenvalue weighted by molar-refractivity contribution is -0.268. The normalized spacial score (nSPS) is 28.6. The van der Waals surface area contributed by atoms with E-state index >= 15 is 0 Å². The third kappa shape index (κ3) is 3.90. The van der Waals surface area contributed by atoms with Crippen LogP contribution in [0.25, 0.3) is 5.69 Å². The number of para-hydroxylation sites is 1. The fraction of sp³-hybridized carbons (Fsp3) is 0.611. The van der Waals surface area contributed by atoms with Gasteiger partial charge in [-0.25, -0.2) is 8.42 Å². The zero-order valence-corrected chi connectivity index (χ0v) is 16.1. The summed E-state index contributed by atoms with van der Waals surface area (Å²) in [6.07, 6.45) is 5.05. The first-order valence-electron chi connectivity index (χ1n) is 9.40. The minimum absolute atomic E-state index is 0.0590. The van der Waals surface area contributed by atoms with E-state index in [1.807, 2.05) is 18.2 Å². The molecule has 2 aliphatic heterocycles. The van der Waals surface area contributed by atoms with Crippen molar-refractivity contribution in [3.05, 3.63) is 30.3 Å². The molecule has 8 nitrogen and oxygen atoms in total. The van der Waals surface area contributed by atoms with Gasteiger partial charge in [-0.1, -0.05) is 23.3 Å². The Kier molecular flexibility index (Phi) is 5.00. The largest absolute Gasteiger partial charge is 0.347 e. The highest BCUT2D eigenvalue weighted by Crippen LogP contribution is 2.41. The summed E-state index contributed by atoms with van der Waals surface area (Å²) in [6, 6.07) is 9.00. The van der Waals surface area contributed by atoms with Crippen LogP contribution < -0.4 is 0 Å². The SMILES string of the molecule is C[C@@H]1CC[C@]2(CCC[C@@H](CCS(=O)(=O)c3nnnn3-c3ccccc3)O2)O1. The number of benzene rings is 1. The van der Waals surface area contributed by atoms with Crippen molar-refractivity contribution >= 4 is 9.84 Å². The Morgan fingerprint density at radius 2 is 2.00 bits per heavy atom. The van der Waals surface area contributed by atoms with Crippen molar-refractivity contribution in [1.29, 1.82) is 0 Å². The molecule has 3 heterocycles. The van der Waals surface area contributed by atoms with E-state index in [4.69, 9.17) is 9.47 Å². The van der Waals surface area contributed by atoms with E-state index in [1.165, 1.54) is 4.68 Å². The molecule has 1 aromatic heterocycles. The lowest BCUT2D eigenvalue weighted by Gasteiger charge is -2.38. The summed E-state index contributed by atoms with van der Waals surface area (Å²) in [6.45, 7) is 2.05. The highest BCUT2D eigenvalue weighted by Gasteiger charge is 2.43. The van der Waals surface area contributed by atoms with Crippen LogP contribution in [0.15, 0.2) is 35.5 Å². The van der Waals surface area contributed by atoms with Gasteiger partial charge in [0.15, 0.2) is 5.79 Å². The van der Waals surface area contributed by atoms with E-state index in [-0.39, 0.29) is 23.1 Å². The molecule has 2 saturated heterocycles. The van der Waals surface area contributed by atoms with Crippen molar-refractivity contribution in [3.63, 3.8) is 0 Å². The number of aromatic nitrogens is 4. The predicted molar refractivity (Wildman–Crippen MR) is 97.1 cm³/mol. The van der Waals surface area contributed by atoms with Gasteiger partial charge in [-0.2, -0.15) is 4.68 Å². The molecule has 1 spiro atoms. The third-order valence-corrected chi connectivity index (χ3v) is 6.83. The van der Waals surface area contributed by atoms with Crippen molar-refractivity contribution in [3.8, 4) is 5.69 Å².